The normalized spacial score (nSPS) is 18.1. The molecule has 0 spiro atoms. The van der Waals surface area contributed by atoms with Gasteiger partial charge in [0.05, 0.1) is 11.3 Å². The Morgan fingerprint density at radius 3 is 2.17 bits per heavy atom. The highest BCUT2D eigenvalue weighted by Crippen LogP contribution is 2.36. The average Bonchev–Trinajstić information content (AvgIpc) is 2.53. The Hall–Kier alpha value is -2.63. The second-order valence-corrected chi connectivity index (χ2v) is 5.33. The summed E-state index contributed by atoms with van der Waals surface area (Å²) < 4.78 is 37.9. The van der Waals surface area contributed by atoms with Gasteiger partial charge in [0.25, 0.3) is 0 Å². The number of fused-ring (bicyclic) bond motifs is 1. The summed E-state index contributed by atoms with van der Waals surface area (Å²) >= 11 is 0. The summed E-state index contributed by atoms with van der Waals surface area (Å²) in [5.74, 6) is -1.96. The van der Waals surface area contributed by atoms with Crippen LogP contribution in [0.25, 0.3) is 0 Å². The molecule has 0 saturated carbocycles. The lowest BCUT2D eigenvalue weighted by Crippen LogP contribution is -2.40. The van der Waals surface area contributed by atoms with Gasteiger partial charge in [-0.3, -0.25) is 9.59 Å². The van der Waals surface area contributed by atoms with Crippen molar-refractivity contribution in [3.63, 3.8) is 0 Å². The smallest absolute Gasteiger partial charge is 0.314 e. The van der Waals surface area contributed by atoms with Crippen LogP contribution >= 0.6 is 0 Å². The van der Waals surface area contributed by atoms with Gasteiger partial charge in [0.2, 0.25) is 5.91 Å². The van der Waals surface area contributed by atoms with E-state index in [0.717, 1.165) is 12.1 Å². The molecule has 0 saturated heterocycles. The summed E-state index contributed by atoms with van der Waals surface area (Å²) in [5, 5.41) is 0. The third-order valence-corrected chi connectivity index (χ3v) is 3.94. The Morgan fingerprint density at radius 1 is 0.957 bits per heavy atom. The van der Waals surface area contributed by atoms with E-state index in [1.807, 2.05) is 0 Å². The van der Waals surface area contributed by atoms with Gasteiger partial charge in [-0.1, -0.05) is 24.3 Å². The Balaban J connectivity index is 2.04. The number of likely N-dealkylation sites (N-methyl/N-ethyl adjacent to an activating group) is 1. The second kappa shape index (κ2) is 5.22. The van der Waals surface area contributed by atoms with Gasteiger partial charge < -0.3 is 4.90 Å². The first-order valence-corrected chi connectivity index (χ1v) is 6.88. The highest BCUT2D eigenvalue weighted by molar-refractivity contribution is 6.24. The van der Waals surface area contributed by atoms with E-state index in [-0.39, 0.29) is 5.56 Å². The van der Waals surface area contributed by atoms with Crippen molar-refractivity contribution in [3.05, 3.63) is 65.2 Å². The SMILES string of the molecule is CN1C(=O)C(c2ccc(C(F)(F)F)cc2)C(=O)c2ccccc21. The number of hydrogen-bond acceptors (Lipinski definition) is 2. The summed E-state index contributed by atoms with van der Waals surface area (Å²) in [7, 11) is 1.55. The van der Waals surface area contributed by atoms with Crippen molar-refractivity contribution in [2.75, 3.05) is 11.9 Å². The number of carbonyl (C=O) groups is 2. The predicted octanol–water partition coefficient (Wildman–Crippen LogP) is 3.65. The zero-order valence-electron chi connectivity index (χ0n) is 12.1. The van der Waals surface area contributed by atoms with Gasteiger partial charge in [-0.2, -0.15) is 13.2 Å². The Labute approximate surface area is 130 Å². The first kappa shape index (κ1) is 15.3. The van der Waals surface area contributed by atoms with Gasteiger partial charge >= 0.3 is 6.18 Å². The number of hydrogen-bond donors (Lipinski definition) is 0. The lowest BCUT2D eigenvalue weighted by Gasteiger charge is -2.30. The summed E-state index contributed by atoms with van der Waals surface area (Å²) in [6.45, 7) is 0. The van der Waals surface area contributed by atoms with Crippen molar-refractivity contribution >= 4 is 17.4 Å². The molecular formula is C17H12F3NO2. The maximum atomic E-state index is 12.6. The van der Waals surface area contributed by atoms with E-state index < -0.39 is 29.3 Å². The number of halogens is 3. The molecule has 0 aliphatic carbocycles. The number of carbonyl (C=O) groups excluding carboxylic acids is 2. The van der Waals surface area contributed by atoms with E-state index in [9.17, 15) is 22.8 Å². The number of ketones is 1. The number of anilines is 1. The fourth-order valence-electron chi connectivity index (χ4n) is 2.71. The quantitative estimate of drug-likeness (QED) is 0.753. The fourth-order valence-corrected chi connectivity index (χ4v) is 2.71. The van der Waals surface area contributed by atoms with E-state index >= 15 is 0 Å². The summed E-state index contributed by atoms with van der Waals surface area (Å²) in [6, 6.07) is 10.8. The fraction of sp³-hybridized carbons (Fsp3) is 0.176. The van der Waals surface area contributed by atoms with E-state index in [1.54, 1.807) is 31.3 Å². The Kier molecular flexibility index (Phi) is 3.47. The zero-order valence-corrected chi connectivity index (χ0v) is 12.1. The molecule has 1 amide bonds. The molecule has 2 aromatic rings. The third kappa shape index (κ3) is 2.50. The monoisotopic (exact) mass is 319 g/mol. The molecule has 23 heavy (non-hydrogen) atoms. The van der Waals surface area contributed by atoms with Crippen LogP contribution in [0, 0.1) is 0 Å². The van der Waals surface area contributed by atoms with Crippen molar-refractivity contribution < 1.29 is 22.8 Å². The molecule has 6 heteroatoms. The molecule has 1 aliphatic rings. The second-order valence-electron chi connectivity index (χ2n) is 5.33. The van der Waals surface area contributed by atoms with Crippen molar-refractivity contribution in [1.29, 1.82) is 0 Å². The van der Waals surface area contributed by atoms with Crippen molar-refractivity contribution in [2.24, 2.45) is 0 Å². The van der Waals surface area contributed by atoms with Gasteiger partial charge in [0, 0.05) is 12.6 Å². The number of benzene rings is 2. The maximum Gasteiger partial charge on any atom is 0.416 e. The minimum Gasteiger partial charge on any atom is -0.314 e. The molecule has 3 nitrogen and oxygen atoms in total. The first-order valence-electron chi connectivity index (χ1n) is 6.88. The van der Waals surface area contributed by atoms with Crippen molar-refractivity contribution in [2.45, 2.75) is 12.1 Å². The van der Waals surface area contributed by atoms with E-state index in [0.29, 0.717) is 11.3 Å². The summed E-state index contributed by atoms with van der Waals surface area (Å²) in [5.41, 5.74) is 0.338. The average molecular weight is 319 g/mol. The van der Waals surface area contributed by atoms with E-state index in [4.69, 9.17) is 0 Å². The van der Waals surface area contributed by atoms with Crippen LogP contribution in [0.1, 0.15) is 27.4 Å². The molecule has 1 heterocycles. The lowest BCUT2D eigenvalue weighted by atomic mass is 9.85. The van der Waals surface area contributed by atoms with Crippen LogP contribution in [-0.2, 0) is 11.0 Å². The van der Waals surface area contributed by atoms with Gasteiger partial charge in [0.15, 0.2) is 5.78 Å². The standard InChI is InChI=1S/C17H12F3NO2/c1-21-13-5-3-2-4-12(13)15(22)14(16(21)23)10-6-8-11(9-7-10)17(18,19)20/h2-9,14H,1H3. The van der Waals surface area contributed by atoms with Crippen LogP contribution in [-0.4, -0.2) is 18.7 Å². The molecule has 1 unspecified atom stereocenters. The molecule has 0 bridgehead atoms. The Bertz CT molecular complexity index is 781. The van der Waals surface area contributed by atoms with Crippen LogP contribution < -0.4 is 4.90 Å². The summed E-state index contributed by atoms with van der Waals surface area (Å²) in [4.78, 5) is 26.4. The molecule has 3 rings (SSSR count). The van der Waals surface area contributed by atoms with Gasteiger partial charge in [-0.15, -0.1) is 0 Å². The van der Waals surface area contributed by atoms with Crippen molar-refractivity contribution in [1.82, 2.24) is 0 Å². The van der Waals surface area contributed by atoms with Crippen LogP contribution in [0.3, 0.4) is 0 Å². The molecule has 0 fully saturated rings. The number of nitrogens with zero attached hydrogens (tertiary/aromatic N) is 1. The number of amides is 1. The van der Waals surface area contributed by atoms with E-state index in [2.05, 4.69) is 0 Å². The van der Waals surface area contributed by atoms with Gasteiger partial charge in [-0.25, -0.2) is 0 Å². The first-order chi connectivity index (χ1) is 10.8. The molecule has 0 N–H and O–H groups in total. The number of alkyl halides is 3. The lowest BCUT2D eigenvalue weighted by molar-refractivity contribution is -0.137. The van der Waals surface area contributed by atoms with Gasteiger partial charge in [0.1, 0.15) is 5.92 Å². The minimum absolute atomic E-state index is 0.259. The van der Waals surface area contributed by atoms with Crippen LogP contribution in [0.2, 0.25) is 0 Å². The largest absolute Gasteiger partial charge is 0.416 e. The van der Waals surface area contributed by atoms with Crippen LogP contribution in [0.5, 0.6) is 0 Å². The van der Waals surface area contributed by atoms with Crippen LogP contribution in [0.4, 0.5) is 18.9 Å². The molecule has 2 aromatic carbocycles. The highest BCUT2D eigenvalue weighted by Gasteiger charge is 2.39. The molecule has 1 atom stereocenters. The zero-order chi connectivity index (χ0) is 16.8. The number of para-hydroxylation sites is 1. The molecule has 0 radical (unpaired) electrons. The molecule has 1 aliphatic heterocycles. The predicted molar refractivity (Wildman–Crippen MR) is 78.4 cm³/mol. The third-order valence-electron chi connectivity index (χ3n) is 3.94. The summed E-state index contributed by atoms with van der Waals surface area (Å²) in [6.07, 6.45) is -4.46. The minimum atomic E-state index is -4.46. The molecule has 0 aromatic heterocycles. The van der Waals surface area contributed by atoms with Crippen molar-refractivity contribution in [3.8, 4) is 0 Å². The Morgan fingerprint density at radius 2 is 1.57 bits per heavy atom. The van der Waals surface area contributed by atoms with Gasteiger partial charge in [-0.05, 0) is 29.8 Å². The topological polar surface area (TPSA) is 37.4 Å². The number of rotatable bonds is 1. The highest BCUT2D eigenvalue weighted by atomic mass is 19.4. The number of Topliss-reactive ketones (excluding diaryl/α,β-unsaturated/α-hetero) is 1. The van der Waals surface area contributed by atoms with E-state index in [1.165, 1.54) is 17.0 Å². The molecule has 118 valence electrons. The molecular weight excluding hydrogens is 307 g/mol. The van der Waals surface area contributed by atoms with Crippen LogP contribution in [0.15, 0.2) is 48.5 Å². The maximum absolute atomic E-state index is 12.6.